The van der Waals surface area contributed by atoms with Crippen molar-refractivity contribution >= 4 is 17.4 Å². The minimum atomic E-state index is -0.323. The Morgan fingerprint density at radius 3 is 2.52 bits per heavy atom. The zero-order valence-corrected chi connectivity index (χ0v) is 18.0. The largest absolute Gasteiger partial charge is 0.307 e. The van der Waals surface area contributed by atoms with Gasteiger partial charge in [0.25, 0.3) is 0 Å². The maximum Gasteiger partial charge on any atom is 0.196 e. The van der Waals surface area contributed by atoms with Gasteiger partial charge in [-0.1, -0.05) is 47.7 Å². The van der Waals surface area contributed by atoms with Crippen molar-refractivity contribution in [2.24, 2.45) is 0 Å². The molecule has 5 aromatic rings. The lowest BCUT2D eigenvalue weighted by Gasteiger charge is -2.11. The third kappa shape index (κ3) is 3.72. The number of aromatic nitrogens is 5. The molecule has 0 aliphatic heterocycles. The molecule has 0 aliphatic carbocycles. The van der Waals surface area contributed by atoms with Gasteiger partial charge in [-0.15, -0.1) is 10.2 Å². The third-order valence-electron chi connectivity index (χ3n) is 5.12. The number of pyridine rings is 1. The molecule has 0 radical (unpaired) electrons. The van der Waals surface area contributed by atoms with E-state index in [4.69, 9.17) is 4.98 Å². The highest BCUT2D eigenvalue weighted by Crippen LogP contribution is 2.31. The molecule has 0 bridgehead atoms. The van der Waals surface area contributed by atoms with Crippen LogP contribution in [0.3, 0.4) is 0 Å². The predicted molar refractivity (Wildman–Crippen MR) is 121 cm³/mol. The monoisotopic (exact) mass is 429 g/mol. The molecule has 0 atom stereocenters. The summed E-state index contributed by atoms with van der Waals surface area (Å²) in [5.41, 5.74) is 5.49. The van der Waals surface area contributed by atoms with Crippen molar-refractivity contribution in [2.75, 3.05) is 0 Å². The number of hydrogen-bond acceptors (Lipinski definition) is 4. The molecule has 0 aliphatic rings. The van der Waals surface area contributed by atoms with Gasteiger partial charge in [-0.2, -0.15) is 0 Å². The Kier molecular flexibility index (Phi) is 5.03. The van der Waals surface area contributed by atoms with Crippen molar-refractivity contribution < 1.29 is 4.39 Å². The Balaban J connectivity index is 1.54. The van der Waals surface area contributed by atoms with E-state index in [0.29, 0.717) is 22.3 Å². The molecule has 0 amide bonds. The van der Waals surface area contributed by atoms with Gasteiger partial charge in [0.05, 0.1) is 11.3 Å². The number of hydrogen-bond donors (Lipinski definition) is 0. The highest BCUT2D eigenvalue weighted by molar-refractivity contribution is 7.98. The van der Waals surface area contributed by atoms with E-state index in [0.717, 1.165) is 28.2 Å². The molecule has 0 spiro atoms. The Morgan fingerprint density at radius 1 is 0.935 bits per heavy atom. The zero-order chi connectivity index (χ0) is 21.4. The fourth-order valence-electron chi connectivity index (χ4n) is 3.52. The Hall–Kier alpha value is -3.45. The lowest BCUT2D eigenvalue weighted by Crippen LogP contribution is -2.01. The first-order valence-corrected chi connectivity index (χ1v) is 10.9. The number of rotatable bonds is 5. The molecule has 5 rings (SSSR count). The van der Waals surface area contributed by atoms with Gasteiger partial charge in [0.1, 0.15) is 11.5 Å². The lowest BCUT2D eigenvalue weighted by atomic mass is 10.2. The molecule has 0 fully saturated rings. The smallest absolute Gasteiger partial charge is 0.196 e. The highest BCUT2D eigenvalue weighted by atomic mass is 32.2. The molecule has 2 aromatic carbocycles. The minimum absolute atomic E-state index is 0.323. The molecule has 3 heterocycles. The van der Waals surface area contributed by atoms with Crippen molar-refractivity contribution in [2.45, 2.75) is 24.8 Å². The number of imidazole rings is 1. The average molecular weight is 430 g/mol. The van der Waals surface area contributed by atoms with Gasteiger partial charge in [0.15, 0.2) is 11.0 Å². The molecule has 0 saturated heterocycles. The van der Waals surface area contributed by atoms with Crippen LogP contribution < -0.4 is 0 Å². The van der Waals surface area contributed by atoms with E-state index in [1.165, 1.54) is 17.8 Å². The Labute approximate surface area is 183 Å². The van der Waals surface area contributed by atoms with Crippen molar-refractivity contribution in [3.05, 3.63) is 95.7 Å². The van der Waals surface area contributed by atoms with Crippen LogP contribution >= 0.6 is 11.8 Å². The normalized spacial score (nSPS) is 11.3. The van der Waals surface area contributed by atoms with E-state index in [2.05, 4.69) is 10.2 Å². The first kappa shape index (κ1) is 19.5. The summed E-state index contributed by atoms with van der Waals surface area (Å²) in [5, 5.41) is 9.43. The van der Waals surface area contributed by atoms with Crippen LogP contribution in [0, 0.1) is 19.7 Å². The van der Waals surface area contributed by atoms with Crippen LogP contribution in [0.15, 0.2) is 78.2 Å². The number of aryl methyl sites for hydroxylation is 2. The number of benzene rings is 2. The van der Waals surface area contributed by atoms with E-state index >= 15 is 0 Å². The summed E-state index contributed by atoms with van der Waals surface area (Å²) in [5.74, 6) is 0.786. The summed E-state index contributed by atoms with van der Waals surface area (Å²) in [6.45, 7) is 4.09. The maximum atomic E-state index is 14.6. The molecule has 0 N–H and O–H groups in total. The molecule has 31 heavy (non-hydrogen) atoms. The zero-order valence-electron chi connectivity index (χ0n) is 17.2. The lowest BCUT2D eigenvalue weighted by molar-refractivity contribution is 0.629. The summed E-state index contributed by atoms with van der Waals surface area (Å²) in [4.78, 5) is 4.75. The SMILES string of the molecule is Cc1ccc(-n2c(SCc3cn4cccc(C)c4n3)nnc2-c2ccccc2F)cc1. The number of nitrogens with zero attached hydrogens (tertiary/aromatic N) is 5. The first-order chi connectivity index (χ1) is 15.1. The van der Waals surface area contributed by atoms with Crippen LogP contribution in [0.2, 0.25) is 0 Å². The quantitative estimate of drug-likeness (QED) is 0.340. The van der Waals surface area contributed by atoms with Crippen molar-refractivity contribution in [1.29, 1.82) is 0 Å². The fraction of sp³-hybridized carbons (Fsp3) is 0.125. The van der Waals surface area contributed by atoms with Gasteiger partial charge in [-0.3, -0.25) is 4.57 Å². The van der Waals surface area contributed by atoms with Gasteiger partial charge in [-0.05, 0) is 49.7 Å². The summed E-state index contributed by atoms with van der Waals surface area (Å²) in [6.07, 6.45) is 4.02. The molecule has 5 nitrogen and oxygen atoms in total. The summed E-state index contributed by atoms with van der Waals surface area (Å²) < 4.78 is 18.5. The average Bonchev–Trinajstić information content (AvgIpc) is 3.38. The van der Waals surface area contributed by atoms with Gasteiger partial charge >= 0.3 is 0 Å². The van der Waals surface area contributed by atoms with Gasteiger partial charge in [0.2, 0.25) is 0 Å². The molecular formula is C24H20FN5S. The topological polar surface area (TPSA) is 48.0 Å². The molecule has 0 unspecified atom stereocenters. The van der Waals surface area contributed by atoms with Crippen LogP contribution in [0.1, 0.15) is 16.8 Å². The number of fused-ring (bicyclic) bond motifs is 1. The Bertz CT molecular complexity index is 1370. The van der Waals surface area contributed by atoms with Crippen molar-refractivity contribution in [1.82, 2.24) is 24.1 Å². The predicted octanol–water partition coefficient (Wildman–Crippen LogP) is 5.63. The van der Waals surface area contributed by atoms with Gasteiger partial charge in [-0.25, -0.2) is 9.37 Å². The number of thioether (sulfide) groups is 1. The summed E-state index contributed by atoms with van der Waals surface area (Å²) in [6, 6.07) is 18.8. The third-order valence-corrected chi connectivity index (χ3v) is 6.08. The minimum Gasteiger partial charge on any atom is -0.307 e. The second-order valence-corrected chi connectivity index (χ2v) is 8.34. The fourth-order valence-corrected chi connectivity index (χ4v) is 4.36. The van der Waals surface area contributed by atoms with E-state index in [1.807, 2.05) is 71.6 Å². The van der Waals surface area contributed by atoms with Crippen LogP contribution in [0.5, 0.6) is 0 Å². The van der Waals surface area contributed by atoms with E-state index in [9.17, 15) is 4.39 Å². The second kappa shape index (κ2) is 8.00. The maximum absolute atomic E-state index is 14.6. The van der Waals surface area contributed by atoms with Crippen LogP contribution in [-0.4, -0.2) is 24.1 Å². The van der Waals surface area contributed by atoms with Gasteiger partial charge < -0.3 is 4.40 Å². The summed E-state index contributed by atoms with van der Waals surface area (Å²) >= 11 is 1.53. The van der Waals surface area contributed by atoms with Crippen LogP contribution in [0.4, 0.5) is 4.39 Å². The summed E-state index contributed by atoms with van der Waals surface area (Å²) in [7, 11) is 0. The molecule has 0 saturated carbocycles. The van der Waals surface area contributed by atoms with Crippen LogP contribution in [0.25, 0.3) is 22.7 Å². The molecule has 154 valence electrons. The van der Waals surface area contributed by atoms with E-state index in [1.54, 1.807) is 18.2 Å². The van der Waals surface area contributed by atoms with Crippen LogP contribution in [-0.2, 0) is 5.75 Å². The molecule has 7 heteroatoms. The molecular weight excluding hydrogens is 409 g/mol. The van der Waals surface area contributed by atoms with Gasteiger partial charge in [0, 0.05) is 23.8 Å². The first-order valence-electron chi connectivity index (χ1n) is 9.93. The highest BCUT2D eigenvalue weighted by Gasteiger charge is 2.19. The number of halogens is 1. The Morgan fingerprint density at radius 2 is 1.74 bits per heavy atom. The molecule has 3 aromatic heterocycles. The second-order valence-electron chi connectivity index (χ2n) is 7.40. The van der Waals surface area contributed by atoms with E-state index < -0.39 is 0 Å². The standard InChI is InChI=1S/C24H20FN5S/c1-16-9-11-19(12-10-16)30-23(20-7-3-4-8-21(20)25)27-28-24(30)31-15-18-14-29-13-5-6-17(2)22(29)26-18/h3-14H,15H2,1-2H3. The van der Waals surface area contributed by atoms with Crippen molar-refractivity contribution in [3.63, 3.8) is 0 Å². The van der Waals surface area contributed by atoms with E-state index in [-0.39, 0.29) is 5.82 Å². The van der Waals surface area contributed by atoms with Crippen molar-refractivity contribution in [3.8, 4) is 17.1 Å².